The van der Waals surface area contributed by atoms with Crippen molar-refractivity contribution >= 4 is 29.6 Å². The summed E-state index contributed by atoms with van der Waals surface area (Å²) in [6, 6.07) is 19.4. The molecule has 2 aromatic heterocycles. The molecule has 4 rings (SSSR count). The first-order chi connectivity index (χ1) is 15.1. The molecule has 0 aliphatic carbocycles. The molecule has 0 bridgehead atoms. The number of nitrogens with zero attached hydrogens (tertiary/aromatic N) is 2. The number of thioether (sulfide) groups is 1. The van der Waals surface area contributed by atoms with Gasteiger partial charge in [0, 0.05) is 23.4 Å². The fraction of sp³-hybridized carbons (Fsp3) is 0.0417. The van der Waals surface area contributed by atoms with E-state index < -0.39 is 0 Å². The molecule has 0 unspecified atom stereocenters. The van der Waals surface area contributed by atoms with E-state index in [0.717, 1.165) is 27.5 Å². The number of hydrogen-bond acceptors (Lipinski definition) is 4. The topological polar surface area (TPSA) is 70.7 Å². The van der Waals surface area contributed by atoms with E-state index >= 15 is 0 Å². The predicted octanol–water partition coefficient (Wildman–Crippen LogP) is 5.65. The van der Waals surface area contributed by atoms with E-state index in [9.17, 15) is 9.18 Å². The maximum atomic E-state index is 13.4. The van der Waals surface area contributed by atoms with Crippen LogP contribution in [0.25, 0.3) is 28.6 Å². The van der Waals surface area contributed by atoms with Crippen LogP contribution in [0.1, 0.15) is 5.56 Å². The number of carbonyl (C=O) groups is 1. The average molecular weight is 431 g/mol. The number of H-pyrrole nitrogens is 1. The molecular weight excluding hydrogens is 411 g/mol. The number of carbonyl (C=O) groups excluding carboxylic acids is 1. The lowest BCUT2D eigenvalue weighted by Gasteiger charge is -2.06. The van der Waals surface area contributed by atoms with Crippen LogP contribution < -0.4 is 5.32 Å². The molecule has 0 saturated carbocycles. The van der Waals surface area contributed by atoms with Crippen LogP contribution in [-0.4, -0.2) is 27.1 Å². The first-order valence-corrected chi connectivity index (χ1v) is 10.8. The van der Waals surface area contributed by atoms with E-state index in [1.165, 1.54) is 30.0 Å². The van der Waals surface area contributed by atoms with Gasteiger partial charge in [-0.2, -0.15) is 0 Å². The summed E-state index contributed by atoms with van der Waals surface area (Å²) in [5.41, 5.74) is 4.01. The quantitative estimate of drug-likeness (QED) is 0.306. The molecule has 0 spiro atoms. The van der Waals surface area contributed by atoms with Gasteiger partial charge in [-0.3, -0.25) is 4.79 Å². The van der Waals surface area contributed by atoms with E-state index in [0.29, 0.717) is 11.5 Å². The second kappa shape index (κ2) is 9.40. The van der Waals surface area contributed by atoms with E-state index in [1.807, 2.05) is 42.7 Å². The number of imidazole rings is 1. The van der Waals surface area contributed by atoms with Crippen LogP contribution in [0.2, 0.25) is 0 Å². The van der Waals surface area contributed by atoms with Gasteiger partial charge in [0.05, 0.1) is 11.4 Å². The number of hydrogen-bond donors (Lipinski definition) is 2. The first-order valence-electron chi connectivity index (χ1n) is 9.53. The van der Waals surface area contributed by atoms with Crippen molar-refractivity contribution in [1.82, 2.24) is 15.0 Å². The summed E-state index contributed by atoms with van der Waals surface area (Å²) < 4.78 is 13.4. The Hall–Kier alpha value is -3.71. The van der Waals surface area contributed by atoms with Crippen molar-refractivity contribution in [1.29, 1.82) is 0 Å². The van der Waals surface area contributed by atoms with E-state index in [4.69, 9.17) is 0 Å². The summed E-state index contributed by atoms with van der Waals surface area (Å²) >= 11 is 1.48. The molecule has 2 heterocycles. The third kappa shape index (κ3) is 5.07. The zero-order chi connectivity index (χ0) is 21.6. The lowest BCUT2D eigenvalue weighted by Crippen LogP contribution is -2.09. The van der Waals surface area contributed by atoms with Crippen molar-refractivity contribution in [2.24, 2.45) is 0 Å². The molecule has 1 amide bonds. The molecule has 4 aromatic rings. The maximum absolute atomic E-state index is 13.4. The fourth-order valence-electron chi connectivity index (χ4n) is 3.03. The standard InChI is InChI=1S/C24H19FN4OS/c1-31-24-28-22(17-8-10-19(25)11-9-17)23(29-24)18-13-14-26-20(15-18)27-21(30)12-7-16-5-3-2-4-6-16/h2-15H,1H3,(H,28,29)(H,26,27,30). The van der Waals surface area contributed by atoms with Crippen molar-refractivity contribution in [2.45, 2.75) is 5.16 Å². The monoisotopic (exact) mass is 430 g/mol. The number of aromatic amines is 1. The van der Waals surface area contributed by atoms with Crippen molar-refractivity contribution in [3.63, 3.8) is 0 Å². The minimum atomic E-state index is -0.299. The SMILES string of the molecule is CSc1nc(-c2ccnc(NC(=O)C=Cc3ccccc3)c2)c(-c2ccc(F)cc2)[nH]1. The molecule has 5 nitrogen and oxygen atoms in total. The highest BCUT2D eigenvalue weighted by molar-refractivity contribution is 7.98. The van der Waals surface area contributed by atoms with Crippen LogP contribution in [0, 0.1) is 5.82 Å². The van der Waals surface area contributed by atoms with Crippen LogP contribution >= 0.6 is 11.8 Å². The van der Waals surface area contributed by atoms with Crippen LogP contribution in [-0.2, 0) is 4.79 Å². The molecule has 0 aliphatic rings. The third-order valence-corrected chi connectivity index (χ3v) is 5.10. The molecule has 0 fully saturated rings. The molecule has 0 aliphatic heterocycles. The molecular formula is C24H19FN4OS. The summed E-state index contributed by atoms with van der Waals surface area (Å²) in [4.78, 5) is 24.5. The summed E-state index contributed by atoms with van der Waals surface area (Å²) in [6.45, 7) is 0. The predicted molar refractivity (Wildman–Crippen MR) is 123 cm³/mol. The summed E-state index contributed by atoms with van der Waals surface area (Å²) in [5, 5.41) is 3.52. The first kappa shape index (κ1) is 20.6. The molecule has 2 N–H and O–H groups in total. The molecule has 0 saturated heterocycles. The van der Waals surface area contributed by atoms with E-state index in [1.54, 1.807) is 30.5 Å². The number of rotatable bonds is 6. The van der Waals surface area contributed by atoms with Gasteiger partial charge in [0.25, 0.3) is 0 Å². The second-order valence-electron chi connectivity index (χ2n) is 6.64. The van der Waals surface area contributed by atoms with Crippen molar-refractivity contribution < 1.29 is 9.18 Å². The van der Waals surface area contributed by atoms with Gasteiger partial charge in [0.1, 0.15) is 11.6 Å². The number of aromatic nitrogens is 3. The Morgan fingerprint density at radius 1 is 1.06 bits per heavy atom. The van der Waals surface area contributed by atoms with Crippen LogP contribution in [0.5, 0.6) is 0 Å². The molecule has 2 aromatic carbocycles. The molecule has 31 heavy (non-hydrogen) atoms. The number of amides is 1. The fourth-order valence-corrected chi connectivity index (χ4v) is 3.42. The van der Waals surface area contributed by atoms with Crippen LogP contribution in [0.15, 0.2) is 84.2 Å². The minimum absolute atomic E-state index is 0.279. The van der Waals surface area contributed by atoms with Crippen LogP contribution in [0.4, 0.5) is 10.2 Å². The number of nitrogens with one attached hydrogen (secondary N) is 2. The number of pyridine rings is 1. The molecule has 154 valence electrons. The Morgan fingerprint density at radius 3 is 2.58 bits per heavy atom. The number of benzene rings is 2. The van der Waals surface area contributed by atoms with E-state index in [2.05, 4.69) is 20.3 Å². The summed E-state index contributed by atoms with van der Waals surface area (Å²) in [5.74, 6) is -0.162. The van der Waals surface area contributed by atoms with Gasteiger partial charge in [0.15, 0.2) is 5.16 Å². The molecule has 0 radical (unpaired) electrons. The maximum Gasteiger partial charge on any atom is 0.249 e. The van der Waals surface area contributed by atoms with Crippen molar-refractivity contribution in [3.8, 4) is 22.5 Å². The van der Waals surface area contributed by atoms with Gasteiger partial charge in [-0.05, 0) is 54.3 Å². The number of anilines is 1. The zero-order valence-corrected chi connectivity index (χ0v) is 17.5. The van der Waals surface area contributed by atoms with E-state index in [-0.39, 0.29) is 11.7 Å². The third-order valence-electron chi connectivity index (χ3n) is 4.52. The second-order valence-corrected chi connectivity index (χ2v) is 7.43. The Kier molecular flexibility index (Phi) is 6.24. The highest BCUT2D eigenvalue weighted by Crippen LogP contribution is 2.33. The van der Waals surface area contributed by atoms with Crippen molar-refractivity contribution in [3.05, 3.63) is 90.4 Å². The zero-order valence-electron chi connectivity index (χ0n) is 16.7. The van der Waals surface area contributed by atoms with Crippen molar-refractivity contribution in [2.75, 3.05) is 11.6 Å². The van der Waals surface area contributed by atoms with Gasteiger partial charge in [-0.15, -0.1) is 0 Å². The summed E-state index contributed by atoms with van der Waals surface area (Å²) in [6.07, 6.45) is 6.75. The number of halogens is 1. The Balaban J connectivity index is 1.60. The van der Waals surface area contributed by atoms with Gasteiger partial charge in [-0.1, -0.05) is 42.1 Å². The molecule has 0 atom stereocenters. The van der Waals surface area contributed by atoms with Gasteiger partial charge in [-0.25, -0.2) is 14.4 Å². The lowest BCUT2D eigenvalue weighted by molar-refractivity contribution is -0.111. The summed E-state index contributed by atoms with van der Waals surface area (Å²) in [7, 11) is 0. The molecule has 7 heteroatoms. The Labute approximate surface area is 183 Å². The Bertz CT molecular complexity index is 1220. The van der Waals surface area contributed by atoms with Gasteiger partial charge >= 0.3 is 0 Å². The minimum Gasteiger partial charge on any atom is -0.332 e. The Morgan fingerprint density at radius 2 is 1.84 bits per heavy atom. The van der Waals surface area contributed by atoms with Gasteiger partial charge in [0.2, 0.25) is 5.91 Å². The largest absolute Gasteiger partial charge is 0.332 e. The highest BCUT2D eigenvalue weighted by atomic mass is 32.2. The van der Waals surface area contributed by atoms with Gasteiger partial charge < -0.3 is 10.3 Å². The normalized spacial score (nSPS) is 11.0. The lowest BCUT2D eigenvalue weighted by atomic mass is 10.1. The highest BCUT2D eigenvalue weighted by Gasteiger charge is 2.15. The smallest absolute Gasteiger partial charge is 0.249 e. The average Bonchev–Trinajstić information content (AvgIpc) is 3.24. The van der Waals surface area contributed by atoms with Crippen LogP contribution in [0.3, 0.4) is 0 Å².